The summed E-state index contributed by atoms with van der Waals surface area (Å²) < 4.78 is 0. The summed E-state index contributed by atoms with van der Waals surface area (Å²) >= 11 is 0. The number of carbonyl (C=O) groups excluding carboxylic acids is 2. The number of hydrogen-bond acceptors (Lipinski definition) is 8. The number of ketones is 2. The fourth-order valence-corrected chi connectivity index (χ4v) is 6.39. The van der Waals surface area contributed by atoms with Gasteiger partial charge < -0.3 is 21.0 Å². The minimum Gasteiger partial charge on any atom is -0.387 e. The van der Waals surface area contributed by atoms with Gasteiger partial charge in [0.2, 0.25) is 0 Å². The van der Waals surface area contributed by atoms with E-state index >= 15 is 0 Å². The summed E-state index contributed by atoms with van der Waals surface area (Å²) in [6, 6.07) is 0.478. The number of hydrogen-bond donors (Lipinski definition) is 4. The van der Waals surface area contributed by atoms with Gasteiger partial charge in [0.15, 0.2) is 11.6 Å². The predicted molar refractivity (Wildman–Crippen MR) is 159 cm³/mol. The Morgan fingerprint density at radius 2 is 0.878 bits per heavy atom. The van der Waals surface area contributed by atoms with Crippen molar-refractivity contribution in [1.29, 1.82) is 0 Å². The van der Waals surface area contributed by atoms with Crippen LogP contribution in [0.2, 0.25) is 0 Å². The van der Waals surface area contributed by atoms with Crippen molar-refractivity contribution in [3.8, 4) is 0 Å². The zero-order valence-corrected chi connectivity index (χ0v) is 26.6. The molecule has 2 saturated heterocycles. The molecule has 4 N–H and O–H groups in total. The standard InChI is InChI=1S/2C16H24N2O2.Cu/c2*1-15(2)9-13(10-16(3,4)18(15)20)17-11-12-7-5-6-8-14(12)19;/h2*5-8,11,13,17,20H,9-10H2,1-4H3;. The number of nitrogens with one attached hydrogen (secondary N) is 2. The van der Waals surface area contributed by atoms with Crippen LogP contribution in [0.1, 0.15) is 81.1 Å². The molecular weight excluding hydrogens is 568 g/mol. The van der Waals surface area contributed by atoms with Crippen LogP contribution in [0.3, 0.4) is 0 Å². The Morgan fingerprint density at radius 3 is 1.15 bits per heavy atom. The van der Waals surface area contributed by atoms with Crippen LogP contribution in [-0.4, -0.2) is 66.3 Å². The van der Waals surface area contributed by atoms with Crippen molar-refractivity contribution in [2.45, 2.75) is 115 Å². The zero-order valence-electron chi connectivity index (χ0n) is 25.7. The van der Waals surface area contributed by atoms with Gasteiger partial charge in [0, 0.05) is 74.9 Å². The van der Waals surface area contributed by atoms with Crippen molar-refractivity contribution in [1.82, 2.24) is 20.8 Å². The molecule has 1 radical (unpaired) electrons. The van der Waals surface area contributed by atoms with Crippen molar-refractivity contribution < 1.29 is 37.1 Å². The second-order valence-corrected chi connectivity index (χ2v) is 13.8. The molecule has 4 rings (SSSR count). The third-order valence-corrected chi connectivity index (χ3v) is 8.06. The number of hydroxylamine groups is 4. The molecule has 2 heterocycles. The summed E-state index contributed by atoms with van der Waals surface area (Å²) in [5, 5.41) is 30.1. The first-order valence-electron chi connectivity index (χ1n) is 14.1. The molecule has 41 heavy (non-hydrogen) atoms. The van der Waals surface area contributed by atoms with Crippen molar-refractivity contribution >= 4 is 11.6 Å². The Bertz CT molecular complexity index is 1030. The Balaban J connectivity index is 0.000000280. The number of piperidine rings is 2. The minimum absolute atomic E-state index is 0. The van der Waals surface area contributed by atoms with Crippen LogP contribution in [0.15, 0.2) is 72.2 Å². The summed E-state index contributed by atoms with van der Waals surface area (Å²) in [6.07, 6.45) is 20.9. The molecule has 0 unspecified atom stereocenters. The van der Waals surface area contributed by atoms with E-state index in [0.717, 1.165) is 25.7 Å². The number of nitrogens with zero attached hydrogens (tertiary/aromatic N) is 2. The van der Waals surface area contributed by atoms with E-state index in [2.05, 4.69) is 10.6 Å². The van der Waals surface area contributed by atoms with E-state index < -0.39 is 0 Å². The summed E-state index contributed by atoms with van der Waals surface area (Å²) in [6.45, 7) is 16.3. The quantitative estimate of drug-likeness (QED) is 0.255. The van der Waals surface area contributed by atoms with Crippen molar-refractivity contribution in [3.63, 3.8) is 0 Å². The topological polar surface area (TPSA) is 105 Å². The summed E-state index contributed by atoms with van der Waals surface area (Å²) in [7, 11) is 0. The van der Waals surface area contributed by atoms with Gasteiger partial charge in [0.25, 0.3) is 0 Å². The van der Waals surface area contributed by atoms with Crippen LogP contribution < -0.4 is 10.6 Å². The van der Waals surface area contributed by atoms with Gasteiger partial charge in [0.1, 0.15) is 0 Å². The largest absolute Gasteiger partial charge is 0.387 e. The second-order valence-electron chi connectivity index (χ2n) is 13.8. The van der Waals surface area contributed by atoms with E-state index in [-0.39, 0.29) is 62.9 Å². The van der Waals surface area contributed by atoms with Crippen LogP contribution in [0, 0.1) is 0 Å². The van der Waals surface area contributed by atoms with Crippen LogP contribution in [0.5, 0.6) is 0 Å². The molecule has 0 saturated carbocycles. The molecule has 0 aromatic heterocycles. The molecule has 9 heteroatoms. The second kappa shape index (κ2) is 13.4. The van der Waals surface area contributed by atoms with Gasteiger partial charge in [-0.25, -0.2) is 0 Å². The average molecular weight is 616 g/mol. The van der Waals surface area contributed by atoms with Gasteiger partial charge in [-0.15, -0.1) is 0 Å². The van der Waals surface area contributed by atoms with E-state index in [9.17, 15) is 20.0 Å². The summed E-state index contributed by atoms with van der Waals surface area (Å²) in [5.41, 5.74) is 0.201. The van der Waals surface area contributed by atoms with E-state index in [4.69, 9.17) is 0 Å². The zero-order chi connectivity index (χ0) is 29.9. The van der Waals surface area contributed by atoms with E-state index in [0.29, 0.717) is 11.1 Å². The smallest absolute Gasteiger partial charge is 0.187 e. The van der Waals surface area contributed by atoms with Gasteiger partial charge >= 0.3 is 0 Å². The summed E-state index contributed by atoms with van der Waals surface area (Å²) in [5.74, 6) is 0.0521. The summed E-state index contributed by atoms with van der Waals surface area (Å²) in [4.78, 5) is 23.4. The van der Waals surface area contributed by atoms with Crippen LogP contribution in [0.4, 0.5) is 0 Å². The van der Waals surface area contributed by atoms with Crippen LogP contribution >= 0.6 is 0 Å². The van der Waals surface area contributed by atoms with E-state index in [1.165, 1.54) is 10.1 Å². The van der Waals surface area contributed by atoms with Gasteiger partial charge in [-0.2, -0.15) is 10.1 Å². The fourth-order valence-electron chi connectivity index (χ4n) is 6.39. The Kier molecular flexibility index (Phi) is 11.4. The molecular formula is C32H48CuN4O4. The minimum atomic E-state index is -0.287. The number of allylic oxidation sites excluding steroid dienone is 10. The van der Waals surface area contributed by atoms with Gasteiger partial charge in [0.05, 0.1) is 0 Å². The SMILES string of the molecule is CC1(C)CC(NC=C2C=CC=CC2=O)CC(C)(C)N1O.CC1(C)CC(NC=C2C=CC=CC2=O)CC(C)(C)N1O.[Cu]. The molecule has 0 atom stereocenters. The molecule has 0 aromatic carbocycles. The van der Waals surface area contributed by atoms with Crippen LogP contribution in [0.25, 0.3) is 0 Å². The van der Waals surface area contributed by atoms with Crippen molar-refractivity contribution in [3.05, 3.63) is 72.2 Å². The Labute approximate surface area is 256 Å². The molecule has 0 spiro atoms. The molecule has 4 aliphatic rings. The Hall–Kier alpha value is -2.26. The number of carbonyl (C=O) groups is 2. The monoisotopic (exact) mass is 615 g/mol. The maximum atomic E-state index is 11.7. The predicted octanol–water partition coefficient (Wildman–Crippen LogP) is 5.13. The third-order valence-electron chi connectivity index (χ3n) is 8.06. The van der Waals surface area contributed by atoms with Crippen LogP contribution in [-0.2, 0) is 26.7 Å². The molecule has 0 amide bonds. The molecule has 231 valence electrons. The average Bonchev–Trinajstić information content (AvgIpc) is 2.85. The molecule has 2 fully saturated rings. The van der Waals surface area contributed by atoms with Crippen molar-refractivity contribution in [2.75, 3.05) is 0 Å². The van der Waals surface area contributed by atoms with E-state index in [1.54, 1.807) is 36.7 Å². The fraction of sp³-hybridized carbons (Fsp3) is 0.562. The first-order valence-corrected chi connectivity index (χ1v) is 14.1. The van der Waals surface area contributed by atoms with E-state index in [1.807, 2.05) is 79.7 Å². The van der Waals surface area contributed by atoms with Crippen molar-refractivity contribution in [2.24, 2.45) is 0 Å². The molecule has 0 bridgehead atoms. The third kappa shape index (κ3) is 8.87. The maximum absolute atomic E-state index is 11.7. The normalized spacial score (nSPS) is 27.4. The first kappa shape index (κ1) is 34.9. The molecule has 8 nitrogen and oxygen atoms in total. The first-order chi connectivity index (χ1) is 18.4. The Morgan fingerprint density at radius 1 is 0.610 bits per heavy atom. The number of rotatable bonds is 4. The molecule has 2 aliphatic carbocycles. The van der Waals surface area contributed by atoms with Gasteiger partial charge in [-0.05, 0) is 105 Å². The van der Waals surface area contributed by atoms with Gasteiger partial charge in [-0.3, -0.25) is 9.59 Å². The molecule has 0 aromatic rings. The molecule has 2 aliphatic heterocycles. The maximum Gasteiger partial charge on any atom is 0.187 e. The van der Waals surface area contributed by atoms with Gasteiger partial charge in [-0.1, -0.05) is 24.3 Å².